The minimum absolute atomic E-state index is 0.0914. The van der Waals surface area contributed by atoms with Gasteiger partial charge in [-0.15, -0.1) is 0 Å². The Morgan fingerprint density at radius 1 is 1.44 bits per heavy atom. The van der Waals surface area contributed by atoms with Gasteiger partial charge >= 0.3 is 0 Å². The summed E-state index contributed by atoms with van der Waals surface area (Å²) < 4.78 is 13.8. The Bertz CT molecular complexity index is 562. The van der Waals surface area contributed by atoms with E-state index < -0.39 is 0 Å². The standard InChI is InChI=1S/C12H12BrFN4/c1-7(8-3-2-4-9(14)5-8)17-11-10(13)6-16-12(15)18-11/h2-7H,1H3,(H3,15,16,17,18). The van der Waals surface area contributed by atoms with Crippen LogP contribution in [0.15, 0.2) is 34.9 Å². The molecule has 1 atom stereocenters. The molecule has 1 aromatic carbocycles. The van der Waals surface area contributed by atoms with Gasteiger partial charge in [-0.3, -0.25) is 0 Å². The molecule has 0 radical (unpaired) electrons. The summed E-state index contributed by atoms with van der Waals surface area (Å²) in [7, 11) is 0. The lowest BCUT2D eigenvalue weighted by molar-refractivity contribution is 0.623. The molecule has 0 aliphatic rings. The number of anilines is 2. The van der Waals surface area contributed by atoms with E-state index in [2.05, 4.69) is 31.2 Å². The second kappa shape index (κ2) is 5.30. The van der Waals surface area contributed by atoms with E-state index in [-0.39, 0.29) is 17.8 Å². The first-order valence-electron chi connectivity index (χ1n) is 5.36. The predicted molar refractivity (Wildman–Crippen MR) is 72.6 cm³/mol. The number of benzene rings is 1. The highest BCUT2D eigenvalue weighted by molar-refractivity contribution is 9.10. The quantitative estimate of drug-likeness (QED) is 0.914. The number of nitrogens with one attached hydrogen (secondary N) is 1. The minimum atomic E-state index is -0.262. The zero-order valence-electron chi connectivity index (χ0n) is 9.69. The van der Waals surface area contributed by atoms with E-state index in [1.54, 1.807) is 12.3 Å². The van der Waals surface area contributed by atoms with Crippen molar-refractivity contribution in [3.8, 4) is 0 Å². The molecule has 4 nitrogen and oxygen atoms in total. The monoisotopic (exact) mass is 310 g/mol. The fourth-order valence-electron chi connectivity index (χ4n) is 1.55. The van der Waals surface area contributed by atoms with Gasteiger partial charge in [0.1, 0.15) is 11.6 Å². The molecule has 0 bridgehead atoms. The fourth-order valence-corrected chi connectivity index (χ4v) is 1.85. The Labute approximate surface area is 113 Å². The van der Waals surface area contributed by atoms with Crippen LogP contribution in [0.4, 0.5) is 16.2 Å². The van der Waals surface area contributed by atoms with Crippen molar-refractivity contribution >= 4 is 27.7 Å². The molecule has 0 saturated heterocycles. The van der Waals surface area contributed by atoms with Gasteiger partial charge in [0.05, 0.1) is 10.5 Å². The summed E-state index contributed by atoms with van der Waals surface area (Å²) in [5, 5.41) is 3.15. The predicted octanol–water partition coefficient (Wildman–Crippen LogP) is 3.13. The molecule has 1 heterocycles. The molecule has 0 aliphatic heterocycles. The smallest absolute Gasteiger partial charge is 0.221 e. The van der Waals surface area contributed by atoms with Gasteiger partial charge in [-0.25, -0.2) is 9.37 Å². The molecule has 2 aromatic rings. The molecule has 3 N–H and O–H groups in total. The molecule has 0 fully saturated rings. The average Bonchev–Trinajstić information content (AvgIpc) is 2.34. The largest absolute Gasteiger partial charge is 0.368 e. The molecule has 2 rings (SSSR count). The lowest BCUT2D eigenvalue weighted by Crippen LogP contribution is -2.10. The topological polar surface area (TPSA) is 63.8 Å². The van der Waals surface area contributed by atoms with Gasteiger partial charge in [-0.1, -0.05) is 12.1 Å². The first kappa shape index (κ1) is 12.8. The molecule has 18 heavy (non-hydrogen) atoms. The normalized spacial score (nSPS) is 12.2. The van der Waals surface area contributed by atoms with Crippen molar-refractivity contribution in [2.75, 3.05) is 11.1 Å². The zero-order chi connectivity index (χ0) is 13.1. The van der Waals surface area contributed by atoms with Gasteiger partial charge in [0.25, 0.3) is 0 Å². The van der Waals surface area contributed by atoms with Gasteiger partial charge in [0.2, 0.25) is 5.95 Å². The molecule has 1 aromatic heterocycles. The molecule has 0 saturated carbocycles. The fraction of sp³-hybridized carbons (Fsp3) is 0.167. The van der Waals surface area contributed by atoms with E-state index in [4.69, 9.17) is 5.73 Å². The number of hydrogen-bond donors (Lipinski definition) is 2. The first-order chi connectivity index (χ1) is 8.56. The van der Waals surface area contributed by atoms with Crippen molar-refractivity contribution in [2.24, 2.45) is 0 Å². The Hall–Kier alpha value is -1.69. The number of nitrogen functional groups attached to an aromatic ring is 1. The number of nitrogens with two attached hydrogens (primary N) is 1. The third kappa shape index (κ3) is 2.95. The van der Waals surface area contributed by atoms with E-state index in [1.165, 1.54) is 12.1 Å². The second-order valence-electron chi connectivity index (χ2n) is 3.85. The average molecular weight is 311 g/mol. The maximum absolute atomic E-state index is 13.1. The molecule has 0 aliphatic carbocycles. The summed E-state index contributed by atoms with van der Waals surface area (Å²) >= 11 is 3.33. The number of hydrogen-bond acceptors (Lipinski definition) is 4. The highest BCUT2D eigenvalue weighted by atomic mass is 79.9. The first-order valence-corrected chi connectivity index (χ1v) is 6.15. The van der Waals surface area contributed by atoms with Crippen molar-refractivity contribution in [3.05, 3.63) is 46.3 Å². The van der Waals surface area contributed by atoms with Gasteiger partial charge in [-0.2, -0.15) is 4.98 Å². The van der Waals surface area contributed by atoms with E-state index in [1.807, 2.05) is 13.0 Å². The Kier molecular flexibility index (Phi) is 3.76. The number of rotatable bonds is 3. The molecule has 0 spiro atoms. The van der Waals surface area contributed by atoms with Crippen LogP contribution in [0.3, 0.4) is 0 Å². The maximum Gasteiger partial charge on any atom is 0.221 e. The van der Waals surface area contributed by atoms with E-state index in [9.17, 15) is 4.39 Å². The Balaban J connectivity index is 2.21. The summed E-state index contributed by atoms with van der Waals surface area (Å²) in [5.41, 5.74) is 6.36. The van der Waals surface area contributed by atoms with Crippen LogP contribution in [-0.2, 0) is 0 Å². The van der Waals surface area contributed by atoms with Crippen LogP contribution in [-0.4, -0.2) is 9.97 Å². The third-order valence-corrected chi connectivity index (χ3v) is 3.04. The van der Waals surface area contributed by atoms with Crippen LogP contribution in [0, 0.1) is 5.82 Å². The van der Waals surface area contributed by atoms with Crippen molar-refractivity contribution in [1.29, 1.82) is 0 Å². The molecule has 6 heteroatoms. The van der Waals surface area contributed by atoms with Gasteiger partial charge in [0.15, 0.2) is 0 Å². The minimum Gasteiger partial charge on any atom is -0.368 e. The molecule has 1 unspecified atom stereocenters. The molecule has 0 amide bonds. The van der Waals surface area contributed by atoms with Crippen molar-refractivity contribution in [1.82, 2.24) is 9.97 Å². The number of nitrogens with zero attached hydrogens (tertiary/aromatic N) is 2. The lowest BCUT2D eigenvalue weighted by Gasteiger charge is -2.16. The van der Waals surface area contributed by atoms with Crippen molar-refractivity contribution < 1.29 is 4.39 Å². The van der Waals surface area contributed by atoms with Crippen LogP contribution < -0.4 is 11.1 Å². The summed E-state index contributed by atoms with van der Waals surface area (Å²) in [5.74, 6) is 0.508. The van der Waals surface area contributed by atoms with Gasteiger partial charge in [-0.05, 0) is 40.5 Å². The lowest BCUT2D eigenvalue weighted by atomic mass is 10.1. The molecule has 94 valence electrons. The highest BCUT2D eigenvalue weighted by Crippen LogP contribution is 2.24. The zero-order valence-corrected chi connectivity index (χ0v) is 11.3. The van der Waals surface area contributed by atoms with Crippen LogP contribution in [0.25, 0.3) is 0 Å². The van der Waals surface area contributed by atoms with Crippen LogP contribution in [0.5, 0.6) is 0 Å². The summed E-state index contributed by atoms with van der Waals surface area (Å²) in [6, 6.07) is 6.32. The number of halogens is 2. The molecular formula is C12H12BrFN4. The molecular weight excluding hydrogens is 299 g/mol. The second-order valence-corrected chi connectivity index (χ2v) is 4.70. The number of aromatic nitrogens is 2. The van der Waals surface area contributed by atoms with E-state index in [0.29, 0.717) is 10.3 Å². The Morgan fingerprint density at radius 3 is 2.94 bits per heavy atom. The van der Waals surface area contributed by atoms with Gasteiger partial charge in [0, 0.05) is 6.20 Å². The van der Waals surface area contributed by atoms with Crippen LogP contribution in [0.1, 0.15) is 18.5 Å². The van der Waals surface area contributed by atoms with Gasteiger partial charge < -0.3 is 11.1 Å². The Morgan fingerprint density at radius 2 is 2.22 bits per heavy atom. The van der Waals surface area contributed by atoms with E-state index >= 15 is 0 Å². The SMILES string of the molecule is CC(Nc1nc(N)ncc1Br)c1cccc(F)c1. The van der Waals surface area contributed by atoms with Crippen LogP contribution in [0.2, 0.25) is 0 Å². The summed E-state index contributed by atoms with van der Waals surface area (Å²) in [4.78, 5) is 7.93. The van der Waals surface area contributed by atoms with Crippen molar-refractivity contribution in [2.45, 2.75) is 13.0 Å². The summed E-state index contributed by atoms with van der Waals surface area (Å²) in [6.45, 7) is 1.92. The van der Waals surface area contributed by atoms with E-state index in [0.717, 1.165) is 5.56 Å². The maximum atomic E-state index is 13.1. The third-order valence-electron chi connectivity index (χ3n) is 2.46. The van der Waals surface area contributed by atoms with Crippen LogP contribution >= 0.6 is 15.9 Å². The van der Waals surface area contributed by atoms with Crippen molar-refractivity contribution in [3.63, 3.8) is 0 Å². The summed E-state index contributed by atoms with van der Waals surface area (Å²) in [6.07, 6.45) is 1.57. The highest BCUT2D eigenvalue weighted by Gasteiger charge is 2.10.